The minimum Gasteiger partial charge on any atom is -0.399 e. The van der Waals surface area contributed by atoms with Crippen molar-refractivity contribution < 1.29 is 0 Å². The lowest BCUT2D eigenvalue weighted by Crippen LogP contribution is -2.23. The summed E-state index contributed by atoms with van der Waals surface area (Å²) in [5.41, 5.74) is 10.7. The third kappa shape index (κ3) is 1.94. The summed E-state index contributed by atoms with van der Waals surface area (Å²) >= 11 is 0. The van der Waals surface area contributed by atoms with Crippen molar-refractivity contribution in [1.29, 1.82) is 0 Å². The molecule has 1 aromatic heterocycles. The Kier molecular flexibility index (Phi) is 2.70. The van der Waals surface area contributed by atoms with E-state index < -0.39 is 0 Å². The topological polar surface area (TPSA) is 47.1 Å². The van der Waals surface area contributed by atoms with Gasteiger partial charge in [-0.3, -0.25) is 4.68 Å². The maximum Gasteiger partial charge on any atom is 0.0492 e. The molecule has 18 heavy (non-hydrogen) atoms. The molecule has 0 saturated heterocycles. The molecule has 4 heteroatoms. The summed E-state index contributed by atoms with van der Waals surface area (Å²) in [7, 11) is 1.99. The second kappa shape index (κ2) is 4.37. The van der Waals surface area contributed by atoms with Crippen LogP contribution in [0.1, 0.15) is 11.3 Å². The smallest absolute Gasteiger partial charge is 0.0492 e. The average molecular weight is 242 g/mol. The van der Waals surface area contributed by atoms with E-state index in [2.05, 4.69) is 28.2 Å². The summed E-state index contributed by atoms with van der Waals surface area (Å²) < 4.78 is 1.94. The number of nitrogens with two attached hydrogens (primary N) is 1. The molecule has 0 bridgehead atoms. The van der Waals surface area contributed by atoms with Crippen molar-refractivity contribution in [1.82, 2.24) is 9.78 Å². The Balaban J connectivity index is 1.71. The summed E-state index contributed by atoms with van der Waals surface area (Å²) in [5.74, 6) is 0. The van der Waals surface area contributed by atoms with Gasteiger partial charge in [0.15, 0.2) is 0 Å². The van der Waals surface area contributed by atoms with E-state index in [0.29, 0.717) is 0 Å². The predicted octanol–water partition coefficient (Wildman–Crippen LogP) is 1.61. The number of nitrogen functional groups attached to an aromatic ring is 1. The third-order valence-corrected chi connectivity index (χ3v) is 3.66. The minimum absolute atomic E-state index is 0.863. The predicted molar refractivity (Wildman–Crippen MR) is 73.7 cm³/mol. The molecule has 0 aliphatic carbocycles. The molecule has 0 saturated carbocycles. The Hall–Kier alpha value is -1.97. The fourth-order valence-electron chi connectivity index (χ4n) is 2.62. The Morgan fingerprint density at radius 3 is 3.00 bits per heavy atom. The highest BCUT2D eigenvalue weighted by atomic mass is 15.3. The molecule has 0 atom stereocenters. The molecule has 2 aromatic rings. The van der Waals surface area contributed by atoms with Crippen LogP contribution in [0.5, 0.6) is 0 Å². The fourth-order valence-corrected chi connectivity index (χ4v) is 2.62. The van der Waals surface area contributed by atoms with E-state index in [1.54, 1.807) is 0 Å². The SMILES string of the molecule is Cn1nccc1CCN1CCc2cc(N)ccc21. The molecular formula is C14H18N4. The van der Waals surface area contributed by atoms with Gasteiger partial charge in [-0.05, 0) is 36.2 Å². The number of aryl methyl sites for hydroxylation is 1. The molecule has 94 valence electrons. The van der Waals surface area contributed by atoms with E-state index in [0.717, 1.165) is 31.6 Å². The second-order valence-electron chi connectivity index (χ2n) is 4.82. The van der Waals surface area contributed by atoms with Gasteiger partial charge in [0.1, 0.15) is 0 Å². The molecular weight excluding hydrogens is 224 g/mol. The van der Waals surface area contributed by atoms with Crippen LogP contribution in [0.15, 0.2) is 30.5 Å². The molecule has 0 radical (unpaired) electrons. The van der Waals surface area contributed by atoms with Crippen molar-refractivity contribution in [2.24, 2.45) is 7.05 Å². The van der Waals surface area contributed by atoms with Crippen LogP contribution < -0.4 is 10.6 Å². The number of fused-ring (bicyclic) bond motifs is 1. The van der Waals surface area contributed by atoms with Gasteiger partial charge in [-0.15, -0.1) is 0 Å². The van der Waals surface area contributed by atoms with Crippen LogP contribution in [0.4, 0.5) is 11.4 Å². The number of rotatable bonds is 3. The average Bonchev–Trinajstić information content (AvgIpc) is 2.93. The standard InChI is InChI=1S/C14H18N4/c1-17-13(4-7-16-17)6-9-18-8-5-11-10-12(15)2-3-14(11)18/h2-4,7,10H,5-6,8-9,15H2,1H3. The quantitative estimate of drug-likeness (QED) is 0.832. The van der Waals surface area contributed by atoms with Crippen molar-refractivity contribution in [2.75, 3.05) is 23.7 Å². The molecule has 0 fully saturated rings. The van der Waals surface area contributed by atoms with Gasteiger partial charge in [0.2, 0.25) is 0 Å². The van der Waals surface area contributed by atoms with Crippen molar-refractivity contribution in [3.05, 3.63) is 41.7 Å². The van der Waals surface area contributed by atoms with Gasteiger partial charge in [0.25, 0.3) is 0 Å². The van der Waals surface area contributed by atoms with Crippen LogP contribution in [0.3, 0.4) is 0 Å². The molecule has 2 N–H and O–H groups in total. The van der Waals surface area contributed by atoms with Gasteiger partial charge in [0.05, 0.1) is 0 Å². The molecule has 4 nitrogen and oxygen atoms in total. The molecule has 1 aliphatic heterocycles. The Bertz CT molecular complexity index is 559. The summed E-state index contributed by atoms with van der Waals surface area (Å²) in [5, 5.41) is 4.20. The zero-order chi connectivity index (χ0) is 12.5. The van der Waals surface area contributed by atoms with E-state index in [9.17, 15) is 0 Å². The van der Waals surface area contributed by atoms with Crippen LogP contribution in [-0.4, -0.2) is 22.9 Å². The first-order valence-corrected chi connectivity index (χ1v) is 6.34. The summed E-state index contributed by atoms with van der Waals surface area (Å²) in [4.78, 5) is 2.43. The van der Waals surface area contributed by atoms with Crippen molar-refractivity contribution in [3.63, 3.8) is 0 Å². The Labute approximate surface area is 107 Å². The van der Waals surface area contributed by atoms with Crippen LogP contribution in [0.25, 0.3) is 0 Å². The highest BCUT2D eigenvalue weighted by molar-refractivity contribution is 5.62. The van der Waals surface area contributed by atoms with Gasteiger partial charge in [-0.1, -0.05) is 0 Å². The summed E-state index contributed by atoms with van der Waals surface area (Å²) in [6.07, 6.45) is 3.99. The first kappa shape index (κ1) is 11.1. The maximum absolute atomic E-state index is 5.82. The number of benzene rings is 1. The van der Waals surface area contributed by atoms with Gasteiger partial charge in [-0.2, -0.15) is 5.10 Å². The number of hydrogen-bond donors (Lipinski definition) is 1. The highest BCUT2D eigenvalue weighted by Gasteiger charge is 2.18. The van der Waals surface area contributed by atoms with Gasteiger partial charge < -0.3 is 10.6 Å². The van der Waals surface area contributed by atoms with Crippen molar-refractivity contribution in [2.45, 2.75) is 12.8 Å². The number of aromatic nitrogens is 2. The number of hydrogen-bond acceptors (Lipinski definition) is 3. The second-order valence-corrected chi connectivity index (χ2v) is 4.82. The largest absolute Gasteiger partial charge is 0.399 e. The lowest BCUT2D eigenvalue weighted by atomic mass is 10.1. The van der Waals surface area contributed by atoms with Crippen LogP contribution in [0, 0.1) is 0 Å². The first-order valence-electron chi connectivity index (χ1n) is 6.34. The summed E-state index contributed by atoms with van der Waals surface area (Å²) in [6.45, 7) is 2.13. The molecule has 1 aromatic carbocycles. The number of anilines is 2. The van der Waals surface area contributed by atoms with E-state index in [1.807, 2.05) is 24.0 Å². The summed E-state index contributed by atoms with van der Waals surface area (Å²) in [6, 6.07) is 8.31. The Morgan fingerprint density at radius 2 is 2.22 bits per heavy atom. The van der Waals surface area contributed by atoms with Gasteiger partial charge in [0, 0.05) is 49.8 Å². The molecule has 0 amide bonds. The van der Waals surface area contributed by atoms with E-state index in [1.165, 1.54) is 16.9 Å². The first-order chi connectivity index (χ1) is 8.74. The third-order valence-electron chi connectivity index (χ3n) is 3.66. The maximum atomic E-state index is 5.82. The lowest BCUT2D eigenvalue weighted by molar-refractivity contribution is 0.692. The lowest BCUT2D eigenvalue weighted by Gasteiger charge is -2.19. The van der Waals surface area contributed by atoms with Gasteiger partial charge in [-0.25, -0.2) is 0 Å². The minimum atomic E-state index is 0.863. The van der Waals surface area contributed by atoms with Crippen molar-refractivity contribution in [3.8, 4) is 0 Å². The monoisotopic (exact) mass is 242 g/mol. The van der Waals surface area contributed by atoms with E-state index >= 15 is 0 Å². The van der Waals surface area contributed by atoms with Crippen LogP contribution in [0.2, 0.25) is 0 Å². The van der Waals surface area contributed by atoms with Crippen LogP contribution in [-0.2, 0) is 19.9 Å². The molecule has 1 aliphatic rings. The van der Waals surface area contributed by atoms with Gasteiger partial charge >= 0.3 is 0 Å². The molecule has 2 heterocycles. The normalized spacial score (nSPS) is 13.9. The number of nitrogens with zero attached hydrogens (tertiary/aromatic N) is 3. The molecule has 0 spiro atoms. The zero-order valence-corrected chi connectivity index (χ0v) is 10.6. The zero-order valence-electron chi connectivity index (χ0n) is 10.6. The van der Waals surface area contributed by atoms with Crippen molar-refractivity contribution >= 4 is 11.4 Å². The van der Waals surface area contributed by atoms with Crippen LogP contribution >= 0.6 is 0 Å². The van der Waals surface area contributed by atoms with E-state index in [-0.39, 0.29) is 0 Å². The molecule has 0 unspecified atom stereocenters. The highest BCUT2D eigenvalue weighted by Crippen LogP contribution is 2.29. The Morgan fingerprint density at radius 1 is 1.33 bits per heavy atom. The molecule has 3 rings (SSSR count). The fraction of sp³-hybridized carbons (Fsp3) is 0.357. The van der Waals surface area contributed by atoms with E-state index in [4.69, 9.17) is 5.73 Å².